The third-order valence-electron chi connectivity index (χ3n) is 5.21. The van der Waals surface area contributed by atoms with Gasteiger partial charge in [0, 0.05) is 5.69 Å². The van der Waals surface area contributed by atoms with E-state index in [0.29, 0.717) is 17.7 Å². The number of para-hydroxylation sites is 1. The highest BCUT2D eigenvalue weighted by Crippen LogP contribution is 2.25. The summed E-state index contributed by atoms with van der Waals surface area (Å²) in [6, 6.07) is 22.6. The molecule has 0 aliphatic carbocycles. The molecule has 2 amide bonds. The summed E-state index contributed by atoms with van der Waals surface area (Å²) in [6.45, 7) is 5.97. The lowest BCUT2D eigenvalue weighted by molar-refractivity contribution is -0.117. The summed E-state index contributed by atoms with van der Waals surface area (Å²) in [4.78, 5) is 25.9. The predicted octanol–water partition coefficient (Wildman–Crippen LogP) is 5.69. The molecule has 0 spiro atoms. The van der Waals surface area contributed by atoms with Crippen LogP contribution in [0.25, 0.3) is 0 Å². The van der Waals surface area contributed by atoms with Gasteiger partial charge in [-0.2, -0.15) is 0 Å². The van der Waals surface area contributed by atoms with E-state index in [9.17, 15) is 9.59 Å². The van der Waals surface area contributed by atoms with E-state index in [1.54, 1.807) is 18.2 Å². The third-order valence-corrected chi connectivity index (χ3v) is 5.21. The van der Waals surface area contributed by atoms with Crippen molar-refractivity contribution in [3.05, 3.63) is 95.1 Å². The highest BCUT2D eigenvalue weighted by molar-refractivity contribution is 6.10. The fraction of sp³-hybridized carbons (Fsp3) is 0.200. The van der Waals surface area contributed by atoms with E-state index < -0.39 is 0 Å². The largest absolute Gasteiger partial charge is 0.325 e. The minimum Gasteiger partial charge on any atom is -0.325 e. The summed E-state index contributed by atoms with van der Waals surface area (Å²) in [5.41, 5.74) is 4.81. The van der Waals surface area contributed by atoms with Crippen LogP contribution >= 0.6 is 0 Å². The second-order valence-electron chi connectivity index (χ2n) is 7.11. The predicted molar refractivity (Wildman–Crippen MR) is 118 cm³/mol. The van der Waals surface area contributed by atoms with E-state index in [2.05, 4.69) is 10.6 Å². The van der Waals surface area contributed by atoms with Crippen LogP contribution in [0.5, 0.6) is 0 Å². The SMILES string of the molecule is CC[C@H](C(=O)Nc1ccccc1C(=O)Nc1cccc(C)c1C)c1ccccc1. The Bertz CT molecular complexity index is 1010. The molecule has 148 valence electrons. The summed E-state index contributed by atoms with van der Waals surface area (Å²) < 4.78 is 0. The lowest BCUT2D eigenvalue weighted by Crippen LogP contribution is -2.23. The third kappa shape index (κ3) is 4.72. The van der Waals surface area contributed by atoms with Gasteiger partial charge in [-0.3, -0.25) is 9.59 Å². The number of anilines is 2. The summed E-state index contributed by atoms with van der Waals surface area (Å²) in [6.07, 6.45) is 0.673. The molecule has 0 radical (unpaired) electrons. The zero-order valence-corrected chi connectivity index (χ0v) is 17.0. The highest BCUT2D eigenvalue weighted by Gasteiger charge is 2.21. The molecule has 0 aromatic heterocycles. The average Bonchev–Trinajstić information content (AvgIpc) is 2.73. The summed E-state index contributed by atoms with van der Waals surface area (Å²) in [5.74, 6) is -0.639. The number of hydrogen-bond acceptors (Lipinski definition) is 2. The Morgan fingerprint density at radius 1 is 0.793 bits per heavy atom. The van der Waals surface area contributed by atoms with Crippen molar-refractivity contribution in [3.8, 4) is 0 Å². The smallest absolute Gasteiger partial charge is 0.257 e. The minimum atomic E-state index is -0.272. The van der Waals surface area contributed by atoms with Crippen molar-refractivity contribution in [1.29, 1.82) is 0 Å². The number of hydrogen-bond donors (Lipinski definition) is 2. The first-order valence-electron chi connectivity index (χ1n) is 9.83. The van der Waals surface area contributed by atoms with Crippen LogP contribution in [0.1, 0.15) is 46.3 Å². The molecule has 3 rings (SSSR count). The van der Waals surface area contributed by atoms with Gasteiger partial charge < -0.3 is 10.6 Å². The van der Waals surface area contributed by atoms with Crippen molar-refractivity contribution in [3.63, 3.8) is 0 Å². The molecule has 1 atom stereocenters. The van der Waals surface area contributed by atoms with E-state index in [4.69, 9.17) is 0 Å². The minimum absolute atomic E-state index is 0.120. The van der Waals surface area contributed by atoms with Gasteiger partial charge >= 0.3 is 0 Å². The molecule has 0 aliphatic heterocycles. The van der Waals surface area contributed by atoms with Crippen LogP contribution in [0.3, 0.4) is 0 Å². The maximum atomic E-state index is 12.9. The first-order valence-corrected chi connectivity index (χ1v) is 9.83. The maximum absolute atomic E-state index is 12.9. The van der Waals surface area contributed by atoms with Crippen molar-refractivity contribution in [2.75, 3.05) is 10.6 Å². The van der Waals surface area contributed by atoms with Gasteiger partial charge in [-0.05, 0) is 55.2 Å². The number of nitrogens with one attached hydrogen (secondary N) is 2. The topological polar surface area (TPSA) is 58.2 Å². The number of carbonyl (C=O) groups excluding carboxylic acids is 2. The fourth-order valence-corrected chi connectivity index (χ4v) is 3.34. The van der Waals surface area contributed by atoms with Crippen LogP contribution in [0.2, 0.25) is 0 Å². The molecule has 3 aromatic rings. The van der Waals surface area contributed by atoms with Gasteiger partial charge in [0.15, 0.2) is 0 Å². The molecule has 2 N–H and O–H groups in total. The van der Waals surface area contributed by atoms with Crippen molar-refractivity contribution in [2.24, 2.45) is 0 Å². The normalized spacial score (nSPS) is 11.6. The highest BCUT2D eigenvalue weighted by atomic mass is 16.2. The fourth-order valence-electron chi connectivity index (χ4n) is 3.34. The molecular formula is C25H26N2O2. The molecule has 0 fully saturated rings. The first-order chi connectivity index (χ1) is 14.0. The summed E-state index contributed by atoms with van der Waals surface area (Å²) in [7, 11) is 0. The van der Waals surface area contributed by atoms with Crippen LogP contribution in [-0.2, 0) is 4.79 Å². The number of amides is 2. The van der Waals surface area contributed by atoms with E-state index in [0.717, 1.165) is 22.4 Å². The number of carbonyl (C=O) groups is 2. The second kappa shape index (κ2) is 9.20. The van der Waals surface area contributed by atoms with E-state index in [1.807, 2.05) is 75.4 Å². The lowest BCUT2D eigenvalue weighted by atomic mass is 9.95. The molecule has 3 aromatic carbocycles. The monoisotopic (exact) mass is 386 g/mol. The van der Waals surface area contributed by atoms with E-state index in [-0.39, 0.29) is 17.7 Å². The van der Waals surface area contributed by atoms with Crippen molar-refractivity contribution in [2.45, 2.75) is 33.1 Å². The van der Waals surface area contributed by atoms with Crippen molar-refractivity contribution >= 4 is 23.2 Å². The zero-order chi connectivity index (χ0) is 20.8. The van der Waals surface area contributed by atoms with Crippen molar-refractivity contribution < 1.29 is 9.59 Å². The summed E-state index contributed by atoms with van der Waals surface area (Å²) >= 11 is 0. The van der Waals surface area contributed by atoms with Gasteiger partial charge in [-0.25, -0.2) is 0 Å². The van der Waals surface area contributed by atoms with E-state index in [1.165, 1.54) is 0 Å². The lowest BCUT2D eigenvalue weighted by Gasteiger charge is -2.17. The van der Waals surface area contributed by atoms with Gasteiger partial charge in [0.2, 0.25) is 5.91 Å². The second-order valence-corrected chi connectivity index (χ2v) is 7.11. The molecule has 0 unspecified atom stereocenters. The van der Waals surface area contributed by atoms with Gasteiger partial charge in [0.1, 0.15) is 0 Å². The Morgan fingerprint density at radius 3 is 2.17 bits per heavy atom. The van der Waals surface area contributed by atoms with Crippen LogP contribution < -0.4 is 10.6 Å². The van der Waals surface area contributed by atoms with Gasteiger partial charge in [-0.1, -0.05) is 61.5 Å². The van der Waals surface area contributed by atoms with Crippen LogP contribution in [0.4, 0.5) is 11.4 Å². The summed E-state index contributed by atoms with van der Waals surface area (Å²) in [5, 5.41) is 5.92. The molecule has 0 aliphatic rings. The van der Waals surface area contributed by atoms with Gasteiger partial charge in [0.25, 0.3) is 5.91 Å². The molecule has 29 heavy (non-hydrogen) atoms. The standard InChI is InChI=1S/C25H26N2O2/c1-4-20(19-12-6-5-7-13-19)24(28)27-23-15-9-8-14-21(23)25(29)26-22-16-10-11-17(2)18(22)3/h5-16,20H,4H2,1-3H3,(H,26,29)(H,27,28)/t20-/m0/s1. The Morgan fingerprint density at radius 2 is 1.45 bits per heavy atom. The average molecular weight is 386 g/mol. The zero-order valence-electron chi connectivity index (χ0n) is 17.0. The van der Waals surface area contributed by atoms with Gasteiger partial charge in [-0.15, -0.1) is 0 Å². The van der Waals surface area contributed by atoms with Crippen molar-refractivity contribution in [1.82, 2.24) is 0 Å². The van der Waals surface area contributed by atoms with Crippen LogP contribution in [-0.4, -0.2) is 11.8 Å². The first kappa shape index (κ1) is 20.3. The molecule has 4 nitrogen and oxygen atoms in total. The van der Waals surface area contributed by atoms with Crippen LogP contribution in [0, 0.1) is 13.8 Å². The maximum Gasteiger partial charge on any atom is 0.257 e. The quantitative estimate of drug-likeness (QED) is 0.572. The Hall–Kier alpha value is -3.40. The molecule has 0 saturated carbocycles. The van der Waals surface area contributed by atoms with Gasteiger partial charge in [0.05, 0.1) is 17.2 Å². The number of benzene rings is 3. The van der Waals surface area contributed by atoms with E-state index >= 15 is 0 Å². The number of aryl methyl sites for hydroxylation is 1. The molecule has 0 bridgehead atoms. The Kier molecular flexibility index (Phi) is 6.45. The molecular weight excluding hydrogens is 360 g/mol. The van der Waals surface area contributed by atoms with Crippen LogP contribution in [0.15, 0.2) is 72.8 Å². The Balaban J connectivity index is 1.82. The molecule has 0 heterocycles. The number of rotatable bonds is 6. The Labute approximate surface area is 172 Å². The molecule has 0 saturated heterocycles. The molecule has 4 heteroatoms.